The first-order chi connectivity index (χ1) is 14.4. The molecule has 0 spiro atoms. The fourth-order valence-corrected chi connectivity index (χ4v) is 6.60. The van der Waals surface area contributed by atoms with Crippen molar-refractivity contribution in [1.82, 2.24) is 9.62 Å². The lowest BCUT2D eigenvalue weighted by molar-refractivity contribution is 0.0370. The Hall–Kier alpha value is -2.25. The minimum Gasteiger partial charge on any atom is -0.313 e. The van der Waals surface area contributed by atoms with Crippen LogP contribution in [0.4, 0.5) is 4.39 Å². The van der Waals surface area contributed by atoms with Gasteiger partial charge in [-0.2, -0.15) is 4.31 Å². The molecule has 2 heterocycles. The molecule has 7 heteroatoms. The fraction of sp³-hybridized carbons (Fsp3) is 0.217. The molecule has 3 aromatic rings. The standard InChI is InChI=1S/C23H20ClFN2O2S/c24-18-8-10-20(11-9-18)30(28,29)27-21-13-26-14-22(27)23(21)16-6-4-15(5-7-16)17-2-1-3-19(25)12-17/h1-12,21-23,26H,13-14H2/t21-,22+,23?. The number of hydrogen-bond acceptors (Lipinski definition) is 3. The summed E-state index contributed by atoms with van der Waals surface area (Å²) in [4.78, 5) is 0.267. The number of benzene rings is 3. The van der Waals surface area contributed by atoms with Crippen LogP contribution in [0.3, 0.4) is 0 Å². The first kappa shape index (κ1) is 19.7. The molecule has 2 saturated heterocycles. The molecule has 154 valence electrons. The van der Waals surface area contributed by atoms with Gasteiger partial charge in [0.2, 0.25) is 10.0 Å². The Morgan fingerprint density at radius 2 is 1.57 bits per heavy atom. The van der Waals surface area contributed by atoms with E-state index in [1.165, 1.54) is 12.1 Å². The summed E-state index contributed by atoms with van der Waals surface area (Å²) < 4.78 is 41.6. The number of halogens is 2. The van der Waals surface area contributed by atoms with Crippen LogP contribution in [-0.4, -0.2) is 37.9 Å². The molecule has 0 radical (unpaired) electrons. The van der Waals surface area contributed by atoms with Gasteiger partial charge in [-0.1, -0.05) is 48.0 Å². The van der Waals surface area contributed by atoms with E-state index in [0.29, 0.717) is 18.1 Å². The second kappa shape index (κ2) is 7.46. The Morgan fingerprint density at radius 1 is 0.900 bits per heavy atom. The Kier molecular flexibility index (Phi) is 4.90. The lowest BCUT2D eigenvalue weighted by Crippen LogP contribution is -2.73. The van der Waals surface area contributed by atoms with Crippen LogP contribution in [0.5, 0.6) is 0 Å². The third kappa shape index (κ3) is 3.24. The number of piperazine rings is 1. The van der Waals surface area contributed by atoms with Crippen LogP contribution in [0.15, 0.2) is 77.7 Å². The van der Waals surface area contributed by atoms with Crippen molar-refractivity contribution in [2.24, 2.45) is 0 Å². The first-order valence-electron chi connectivity index (χ1n) is 9.81. The van der Waals surface area contributed by atoms with E-state index in [9.17, 15) is 12.8 Å². The quantitative estimate of drug-likeness (QED) is 0.656. The third-order valence-corrected chi connectivity index (χ3v) is 8.25. The lowest BCUT2D eigenvalue weighted by Gasteiger charge is -2.57. The van der Waals surface area contributed by atoms with E-state index >= 15 is 0 Å². The molecule has 0 amide bonds. The second-order valence-electron chi connectivity index (χ2n) is 7.74. The van der Waals surface area contributed by atoms with E-state index < -0.39 is 10.0 Å². The maximum atomic E-state index is 13.5. The highest BCUT2D eigenvalue weighted by Crippen LogP contribution is 2.46. The van der Waals surface area contributed by atoms with Crippen LogP contribution in [0.2, 0.25) is 5.02 Å². The van der Waals surface area contributed by atoms with E-state index in [4.69, 9.17) is 11.6 Å². The number of sulfonamides is 1. The molecule has 2 aliphatic rings. The molecule has 0 aliphatic carbocycles. The monoisotopic (exact) mass is 442 g/mol. The Labute approximate surface area is 180 Å². The summed E-state index contributed by atoms with van der Waals surface area (Å²) >= 11 is 5.91. The summed E-state index contributed by atoms with van der Waals surface area (Å²) in [6.07, 6.45) is 0. The zero-order valence-corrected chi connectivity index (χ0v) is 17.6. The summed E-state index contributed by atoms with van der Waals surface area (Å²) in [5, 5.41) is 3.83. The van der Waals surface area contributed by atoms with Crippen LogP contribution >= 0.6 is 11.6 Å². The molecule has 2 bridgehead atoms. The van der Waals surface area contributed by atoms with Crippen molar-refractivity contribution in [3.8, 4) is 11.1 Å². The SMILES string of the molecule is O=S(=O)(c1ccc(Cl)cc1)N1[C@@H]2CNC[C@H]1C2c1ccc(-c2cccc(F)c2)cc1. The predicted octanol–water partition coefficient (Wildman–Crippen LogP) is 4.27. The normalized spacial score (nSPS) is 23.7. The van der Waals surface area contributed by atoms with Crippen molar-refractivity contribution >= 4 is 21.6 Å². The molecule has 30 heavy (non-hydrogen) atoms. The molecule has 5 rings (SSSR count). The summed E-state index contributed by atoms with van der Waals surface area (Å²) in [7, 11) is -3.58. The van der Waals surface area contributed by atoms with Crippen molar-refractivity contribution in [3.63, 3.8) is 0 Å². The van der Waals surface area contributed by atoms with Gasteiger partial charge in [0, 0.05) is 36.1 Å². The molecule has 1 unspecified atom stereocenters. The van der Waals surface area contributed by atoms with Crippen molar-refractivity contribution in [2.75, 3.05) is 13.1 Å². The van der Waals surface area contributed by atoms with Crippen molar-refractivity contribution in [2.45, 2.75) is 22.9 Å². The lowest BCUT2D eigenvalue weighted by atomic mass is 9.74. The number of rotatable bonds is 4. The number of fused-ring (bicyclic) bond motifs is 2. The zero-order chi connectivity index (χ0) is 20.9. The molecule has 3 aromatic carbocycles. The summed E-state index contributed by atoms with van der Waals surface area (Å²) in [6.45, 7) is 1.22. The van der Waals surface area contributed by atoms with Gasteiger partial charge in [-0.15, -0.1) is 0 Å². The van der Waals surface area contributed by atoms with Crippen molar-refractivity contribution in [3.05, 3.63) is 89.2 Å². The highest BCUT2D eigenvalue weighted by molar-refractivity contribution is 7.89. The zero-order valence-electron chi connectivity index (χ0n) is 16.0. The number of piperidine rings is 1. The highest BCUT2D eigenvalue weighted by Gasteiger charge is 2.56. The van der Waals surface area contributed by atoms with Crippen molar-refractivity contribution in [1.29, 1.82) is 0 Å². The van der Waals surface area contributed by atoms with Gasteiger partial charge in [-0.05, 0) is 53.1 Å². The Bertz CT molecular complexity index is 1170. The predicted molar refractivity (Wildman–Crippen MR) is 115 cm³/mol. The number of hydrogen-bond donors (Lipinski definition) is 1. The Balaban J connectivity index is 1.41. The smallest absolute Gasteiger partial charge is 0.243 e. The van der Waals surface area contributed by atoms with E-state index in [1.807, 2.05) is 30.3 Å². The summed E-state index contributed by atoms with van der Waals surface area (Å²) in [5.41, 5.74) is 2.87. The molecular weight excluding hydrogens is 423 g/mol. The van der Waals surface area contributed by atoms with Crippen LogP contribution in [0.1, 0.15) is 11.5 Å². The van der Waals surface area contributed by atoms with Crippen LogP contribution in [0, 0.1) is 5.82 Å². The van der Waals surface area contributed by atoms with Gasteiger partial charge >= 0.3 is 0 Å². The van der Waals surface area contributed by atoms with Gasteiger partial charge in [0.25, 0.3) is 0 Å². The molecule has 2 aliphatic heterocycles. The average molecular weight is 443 g/mol. The van der Waals surface area contributed by atoms with Gasteiger partial charge in [0.1, 0.15) is 5.82 Å². The minimum absolute atomic E-state index is 0.134. The Morgan fingerprint density at radius 3 is 2.20 bits per heavy atom. The van der Waals surface area contributed by atoms with Gasteiger partial charge in [0.15, 0.2) is 0 Å². The van der Waals surface area contributed by atoms with E-state index in [-0.39, 0.29) is 28.7 Å². The van der Waals surface area contributed by atoms with Crippen LogP contribution in [-0.2, 0) is 10.0 Å². The van der Waals surface area contributed by atoms with E-state index in [1.54, 1.807) is 34.6 Å². The molecule has 4 nitrogen and oxygen atoms in total. The van der Waals surface area contributed by atoms with Gasteiger partial charge < -0.3 is 5.32 Å². The van der Waals surface area contributed by atoms with Gasteiger partial charge in [0.05, 0.1) is 4.90 Å². The van der Waals surface area contributed by atoms with Gasteiger partial charge in [-0.25, -0.2) is 12.8 Å². The molecule has 1 N–H and O–H groups in total. The fourth-order valence-electron chi connectivity index (χ4n) is 4.63. The summed E-state index contributed by atoms with van der Waals surface area (Å²) in [6, 6.07) is 20.6. The number of nitrogens with zero attached hydrogens (tertiary/aromatic N) is 1. The average Bonchev–Trinajstić information content (AvgIpc) is 2.75. The maximum Gasteiger partial charge on any atom is 0.243 e. The second-order valence-corrected chi connectivity index (χ2v) is 10.0. The highest BCUT2D eigenvalue weighted by atomic mass is 35.5. The van der Waals surface area contributed by atoms with Crippen LogP contribution < -0.4 is 5.32 Å². The van der Waals surface area contributed by atoms with Crippen LogP contribution in [0.25, 0.3) is 11.1 Å². The maximum absolute atomic E-state index is 13.5. The largest absolute Gasteiger partial charge is 0.313 e. The number of nitrogens with one attached hydrogen (secondary N) is 1. The molecule has 0 aromatic heterocycles. The minimum atomic E-state index is -3.58. The molecule has 3 atom stereocenters. The van der Waals surface area contributed by atoms with Crippen molar-refractivity contribution < 1.29 is 12.8 Å². The summed E-state index contributed by atoms with van der Waals surface area (Å²) in [5.74, 6) is -0.130. The molecule has 2 fully saturated rings. The molecule has 0 saturated carbocycles. The first-order valence-corrected chi connectivity index (χ1v) is 11.6. The molecular formula is C23H20ClFN2O2S. The topological polar surface area (TPSA) is 49.4 Å². The van der Waals surface area contributed by atoms with E-state index in [0.717, 1.165) is 16.7 Å². The van der Waals surface area contributed by atoms with E-state index in [2.05, 4.69) is 5.32 Å². The third-order valence-electron chi connectivity index (χ3n) is 6.03. The van der Waals surface area contributed by atoms with Gasteiger partial charge in [-0.3, -0.25) is 0 Å².